The summed E-state index contributed by atoms with van der Waals surface area (Å²) in [7, 11) is 0. The number of hydrogen-bond acceptors (Lipinski definition) is 4. The molecule has 0 spiro atoms. The van der Waals surface area contributed by atoms with Crippen molar-refractivity contribution in [1.29, 1.82) is 0 Å². The Balaban J connectivity index is 2.24. The van der Waals surface area contributed by atoms with Crippen LogP contribution in [0, 0.1) is 32.1 Å². The van der Waals surface area contributed by atoms with Crippen LogP contribution in [0.15, 0.2) is 0 Å². The van der Waals surface area contributed by atoms with Gasteiger partial charge < -0.3 is 0 Å². The van der Waals surface area contributed by atoms with E-state index in [1.807, 2.05) is 0 Å². The van der Waals surface area contributed by atoms with Crippen LogP contribution >= 0.6 is 0 Å². The largest absolute Gasteiger partial charge is 0.265 e. The monoisotopic (exact) mass is 202 g/mol. The predicted octanol–water partition coefficient (Wildman–Crippen LogP) is 1.35. The summed E-state index contributed by atoms with van der Waals surface area (Å²) >= 11 is 0. The lowest BCUT2D eigenvalue weighted by atomic mass is 9.82. The van der Waals surface area contributed by atoms with Crippen molar-refractivity contribution in [3.63, 3.8) is 0 Å². The van der Waals surface area contributed by atoms with E-state index in [0.717, 1.165) is 25.7 Å². The van der Waals surface area contributed by atoms with Crippen LogP contribution in [0.2, 0.25) is 0 Å². The fourth-order valence-corrected chi connectivity index (χ4v) is 2.02. The summed E-state index contributed by atoms with van der Waals surface area (Å²) in [5.74, 6) is 0.265. The van der Waals surface area contributed by atoms with Crippen LogP contribution in [-0.2, 0) is 0 Å². The van der Waals surface area contributed by atoms with Crippen LogP contribution in [0.5, 0.6) is 0 Å². The molecule has 0 amide bonds. The molecule has 1 rings (SSSR count). The molecule has 1 aliphatic rings. The third-order valence-corrected chi connectivity index (χ3v) is 2.78. The summed E-state index contributed by atoms with van der Waals surface area (Å²) in [4.78, 5) is 19.9. The van der Waals surface area contributed by atoms with Gasteiger partial charge >= 0.3 is 0 Å². The molecule has 0 heterocycles. The molecule has 0 N–H and O–H groups in total. The normalized spacial score (nSPS) is 27.1. The third kappa shape index (κ3) is 3.68. The van der Waals surface area contributed by atoms with E-state index < -0.39 is 0 Å². The van der Waals surface area contributed by atoms with Crippen LogP contribution in [0.1, 0.15) is 25.7 Å². The van der Waals surface area contributed by atoms with Crippen molar-refractivity contribution in [2.24, 2.45) is 11.8 Å². The first-order chi connectivity index (χ1) is 6.58. The zero-order chi connectivity index (χ0) is 10.6. The van der Waals surface area contributed by atoms with E-state index in [1.165, 1.54) is 0 Å². The number of nitrogens with zero attached hydrogens (tertiary/aromatic N) is 2. The van der Waals surface area contributed by atoms with Gasteiger partial charge in [-0.1, -0.05) is 0 Å². The van der Waals surface area contributed by atoms with Crippen molar-refractivity contribution in [1.82, 2.24) is 0 Å². The summed E-state index contributed by atoms with van der Waals surface area (Å²) in [6, 6.07) is 0. The molecule has 14 heavy (non-hydrogen) atoms. The van der Waals surface area contributed by atoms with Crippen LogP contribution in [0.25, 0.3) is 0 Å². The van der Waals surface area contributed by atoms with Gasteiger partial charge in [0.2, 0.25) is 13.1 Å². The maximum atomic E-state index is 10.2. The molecule has 0 atom stereocenters. The minimum atomic E-state index is -0.293. The van der Waals surface area contributed by atoms with E-state index in [1.54, 1.807) is 0 Å². The van der Waals surface area contributed by atoms with Gasteiger partial charge in [-0.3, -0.25) is 20.2 Å². The van der Waals surface area contributed by atoms with Gasteiger partial charge in [0.05, 0.1) is 0 Å². The van der Waals surface area contributed by atoms with Gasteiger partial charge in [0, 0.05) is 21.7 Å². The Morgan fingerprint density at radius 2 is 1.14 bits per heavy atom. The van der Waals surface area contributed by atoms with Crippen LogP contribution in [0.4, 0.5) is 0 Å². The van der Waals surface area contributed by atoms with Crippen molar-refractivity contribution in [2.75, 3.05) is 13.1 Å². The van der Waals surface area contributed by atoms with Crippen molar-refractivity contribution in [3.8, 4) is 0 Å². The summed E-state index contributed by atoms with van der Waals surface area (Å²) in [5.41, 5.74) is 0. The Hall–Kier alpha value is -1.20. The summed E-state index contributed by atoms with van der Waals surface area (Å²) in [6.07, 6.45) is 3.05. The lowest BCUT2D eigenvalue weighted by Crippen LogP contribution is -2.24. The van der Waals surface area contributed by atoms with E-state index in [4.69, 9.17) is 0 Å². The molecule has 0 unspecified atom stereocenters. The second-order valence-electron chi connectivity index (χ2n) is 3.92. The fourth-order valence-electron chi connectivity index (χ4n) is 2.02. The van der Waals surface area contributed by atoms with Crippen molar-refractivity contribution < 1.29 is 9.85 Å². The molecular formula is C8H14N2O4. The molecule has 0 saturated heterocycles. The first kappa shape index (κ1) is 10.9. The Kier molecular flexibility index (Phi) is 3.79. The van der Waals surface area contributed by atoms with Gasteiger partial charge in [0.1, 0.15) is 0 Å². The second kappa shape index (κ2) is 4.88. The molecule has 0 radical (unpaired) electrons. The molecule has 1 fully saturated rings. The Labute approximate surface area is 81.6 Å². The van der Waals surface area contributed by atoms with Gasteiger partial charge in [0.25, 0.3) is 0 Å². The molecule has 0 aromatic rings. The molecular weight excluding hydrogens is 188 g/mol. The molecule has 1 aliphatic carbocycles. The molecule has 0 aromatic carbocycles. The average molecular weight is 202 g/mol. The van der Waals surface area contributed by atoms with Crippen LogP contribution in [-0.4, -0.2) is 22.9 Å². The minimum Gasteiger partial charge on any atom is -0.265 e. The maximum Gasteiger partial charge on any atom is 0.206 e. The minimum absolute atomic E-state index is 0.0190. The molecule has 0 aromatic heterocycles. The molecule has 80 valence electrons. The zero-order valence-corrected chi connectivity index (χ0v) is 7.92. The molecule has 0 bridgehead atoms. The van der Waals surface area contributed by atoms with Gasteiger partial charge in [-0.15, -0.1) is 0 Å². The number of hydrogen-bond donors (Lipinski definition) is 0. The number of nitro groups is 2. The van der Waals surface area contributed by atoms with Crippen molar-refractivity contribution >= 4 is 0 Å². The van der Waals surface area contributed by atoms with Gasteiger partial charge in [-0.2, -0.15) is 0 Å². The molecule has 6 nitrogen and oxygen atoms in total. The Bertz CT molecular complexity index is 199. The maximum absolute atomic E-state index is 10.2. The Morgan fingerprint density at radius 3 is 1.36 bits per heavy atom. The van der Waals surface area contributed by atoms with E-state index in [9.17, 15) is 20.2 Å². The van der Waals surface area contributed by atoms with Crippen molar-refractivity contribution in [2.45, 2.75) is 25.7 Å². The van der Waals surface area contributed by atoms with Crippen LogP contribution in [0.3, 0.4) is 0 Å². The second-order valence-corrected chi connectivity index (χ2v) is 3.92. The van der Waals surface area contributed by atoms with Gasteiger partial charge in [-0.25, -0.2) is 0 Å². The zero-order valence-electron chi connectivity index (χ0n) is 7.92. The van der Waals surface area contributed by atoms with Crippen molar-refractivity contribution in [3.05, 3.63) is 20.2 Å². The Morgan fingerprint density at radius 1 is 0.857 bits per heavy atom. The topological polar surface area (TPSA) is 86.3 Å². The highest BCUT2D eigenvalue weighted by Gasteiger charge is 2.26. The fraction of sp³-hybridized carbons (Fsp3) is 1.00. The van der Waals surface area contributed by atoms with Crippen LogP contribution < -0.4 is 0 Å². The summed E-state index contributed by atoms with van der Waals surface area (Å²) in [5, 5.41) is 20.4. The predicted molar refractivity (Wildman–Crippen MR) is 49.2 cm³/mol. The highest BCUT2D eigenvalue weighted by molar-refractivity contribution is 4.71. The first-order valence-electron chi connectivity index (χ1n) is 4.81. The molecule has 0 aliphatic heterocycles. The standard InChI is InChI=1S/C8H14N2O4/c11-9(12)5-7-1-2-8(4-3-7)6-10(13)14/h7-8H,1-6H2. The summed E-state index contributed by atoms with van der Waals surface area (Å²) in [6.45, 7) is 0.0381. The first-order valence-corrected chi connectivity index (χ1v) is 4.81. The van der Waals surface area contributed by atoms with E-state index in [-0.39, 0.29) is 34.8 Å². The third-order valence-electron chi connectivity index (χ3n) is 2.78. The van der Waals surface area contributed by atoms with E-state index in [2.05, 4.69) is 0 Å². The molecule has 6 heteroatoms. The van der Waals surface area contributed by atoms with Gasteiger partial charge in [0.15, 0.2) is 0 Å². The van der Waals surface area contributed by atoms with Gasteiger partial charge in [-0.05, 0) is 25.7 Å². The quantitative estimate of drug-likeness (QED) is 0.508. The SMILES string of the molecule is O=[N+]([O-])CC1CCC(C[N+](=O)[O-])CC1. The van der Waals surface area contributed by atoms with E-state index in [0.29, 0.717) is 0 Å². The summed E-state index contributed by atoms with van der Waals surface area (Å²) < 4.78 is 0. The number of rotatable bonds is 4. The molecule has 1 saturated carbocycles. The highest BCUT2D eigenvalue weighted by Crippen LogP contribution is 2.28. The van der Waals surface area contributed by atoms with E-state index >= 15 is 0 Å². The lowest BCUT2D eigenvalue weighted by molar-refractivity contribution is -0.494. The lowest BCUT2D eigenvalue weighted by Gasteiger charge is -2.23. The average Bonchev–Trinajstić information content (AvgIpc) is 2.06. The highest BCUT2D eigenvalue weighted by atomic mass is 16.6. The smallest absolute Gasteiger partial charge is 0.206 e.